The molecule has 0 aliphatic carbocycles. The van der Waals surface area contributed by atoms with Crippen molar-refractivity contribution in [2.75, 3.05) is 0 Å². The third kappa shape index (κ3) is 7.14. The summed E-state index contributed by atoms with van der Waals surface area (Å²) >= 11 is 0. The number of carbonyl (C=O) groups is 2. The minimum Gasteiger partial charge on any atom is -0.458 e. The highest BCUT2D eigenvalue weighted by molar-refractivity contribution is 5.93. The Morgan fingerprint density at radius 3 is 1.83 bits per heavy atom. The number of hydrogen-bond donors (Lipinski definition) is 1. The first kappa shape index (κ1) is 25.9. The van der Waals surface area contributed by atoms with Crippen molar-refractivity contribution in [1.29, 1.82) is 0 Å². The van der Waals surface area contributed by atoms with Crippen LogP contribution in [0, 0.1) is 0 Å². The molecule has 1 N–H and O–H groups in total. The molecule has 0 radical (unpaired) electrons. The van der Waals surface area contributed by atoms with E-state index in [-0.39, 0.29) is 5.91 Å². The molecule has 0 spiro atoms. The SMILES string of the molecule is CC(c1ccccc1)N(C(=O)C=Cc1ccccc1)[C@@H](c1ccccc1)[C@H](O)C(=O)OC(C)(C)C. The van der Waals surface area contributed by atoms with E-state index in [0.29, 0.717) is 5.56 Å². The van der Waals surface area contributed by atoms with Gasteiger partial charge in [-0.05, 0) is 50.5 Å². The van der Waals surface area contributed by atoms with E-state index in [1.807, 2.05) is 85.8 Å². The molecule has 5 nitrogen and oxygen atoms in total. The monoisotopic (exact) mass is 471 g/mol. The number of esters is 1. The molecule has 3 rings (SSSR count). The van der Waals surface area contributed by atoms with Gasteiger partial charge in [0.25, 0.3) is 0 Å². The second kappa shape index (κ2) is 11.6. The molecule has 35 heavy (non-hydrogen) atoms. The Morgan fingerprint density at radius 1 is 0.829 bits per heavy atom. The third-order valence-electron chi connectivity index (χ3n) is 5.56. The van der Waals surface area contributed by atoms with Crippen LogP contribution in [-0.2, 0) is 14.3 Å². The lowest BCUT2D eigenvalue weighted by Gasteiger charge is -2.39. The summed E-state index contributed by atoms with van der Waals surface area (Å²) in [6.45, 7) is 7.12. The lowest BCUT2D eigenvalue weighted by Crippen LogP contribution is -2.46. The van der Waals surface area contributed by atoms with Gasteiger partial charge in [0.1, 0.15) is 5.60 Å². The van der Waals surface area contributed by atoms with Crippen LogP contribution in [0.25, 0.3) is 6.08 Å². The number of amides is 1. The average Bonchev–Trinajstić information content (AvgIpc) is 2.85. The highest BCUT2D eigenvalue weighted by Gasteiger charge is 2.39. The van der Waals surface area contributed by atoms with Gasteiger partial charge in [0.2, 0.25) is 5.91 Å². The van der Waals surface area contributed by atoms with E-state index in [4.69, 9.17) is 4.74 Å². The summed E-state index contributed by atoms with van der Waals surface area (Å²) in [5, 5.41) is 11.3. The third-order valence-corrected chi connectivity index (χ3v) is 5.56. The first-order valence-corrected chi connectivity index (χ1v) is 11.7. The number of carbonyl (C=O) groups excluding carboxylic acids is 2. The Morgan fingerprint density at radius 2 is 1.31 bits per heavy atom. The fourth-order valence-corrected chi connectivity index (χ4v) is 3.92. The van der Waals surface area contributed by atoms with Gasteiger partial charge in [-0.2, -0.15) is 0 Å². The molecule has 1 amide bonds. The van der Waals surface area contributed by atoms with Gasteiger partial charge in [-0.3, -0.25) is 4.79 Å². The molecule has 0 fully saturated rings. The quantitative estimate of drug-likeness (QED) is 0.336. The molecule has 0 bridgehead atoms. The molecule has 0 aliphatic rings. The van der Waals surface area contributed by atoms with Crippen molar-refractivity contribution in [2.45, 2.75) is 51.5 Å². The topological polar surface area (TPSA) is 66.8 Å². The molecule has 3 atom stereocenters. The highest BCUT2D eigenvalue weighted by atomic mass is 16.6. The minimum absolute atomic E-state index is 0.332. The van der Waals surface area contributed by atoms with Gasteiger partial charge < -0.3 is 14.7 Å². The Balaban J connectivity index is 2.08. The predicted octanol–water partition coefficient (Wildman–Crippen LogP) is 5.73. The summed E-state index contributed by atoms with van der Waals surface area (Å²) in [4.78, 5) is 28.3. The molecule has 1 unspecified atom stereocenters. The Labute approximate surface area is 207 Å². The number of nitrogens with zero attached hydrogens (tertiary/aromatic N) is 1. The van der Waals surface area contributed by atoms with E-state index >= 15 is 0 Å². The zero-order chi connectivity index (χ0) is 25.4. The van der Waals surface area contributed by atoms with Gasteiger partial charge in [-0.25, -0.2) is 4.79 Å². The molecule has 182 valence electrons. The smallest absolute Gasteiger partial charge is 0.338 e. The van der Waals surface area contributed by atoms with Crippen molar-refractivity contribution in [3.63, 3.8) is 0 Å². The molecular formula is C30H33NO4. The van der Waals surface area contributed by atoms with E-state index in [2.05, 4.69) is 0 Å². The number of rotatable bonds is 8. The van der Waals surface area contributed by atoms with Crippen molar-refractivity contribution in [2.24, 2.45) is 0 Å². The molecular weight excluding hydrogens is 438 g/mol. The van der Waals surface area contributed by atoms with Crippen molar-refractivity contribution < 1.29 is 19.4 Å². The number of benzene rings is 3. The van der Waals surface area contributed by atoms with Gasteiger partial charge in [0.15, 0.2) is 6.10 Å². The maximum atomic E-state index is 13.7. The minimum atomic E-state index is -1.59. The fraction of sp³-hybridized carbons (Fsp3) is 0.267. The molecule has 5 heteroatoms. The van der Waals surface area contributed by atoms with Crippen LogP contribution >= 0.6 is 0 Å². The first-order valence-electron chi connectivity index (χ1n) is 11.7. The van der Waals surface area contributed by atoms with Crippen LogP contribution in [0.5, 0.6) is 0 Å². The predicted molar refractivity (Wildman–Crippen MR) is 138 cm³/mol. The Hall–Kier alpha value is -3.70. The first-order chi connectivity index (χ1) is 16.7. The second-order valence-electron chi connectivity index (χ2n) is 9.41. The molecule has 0 saturated heterocycles. The van der Waals surface area contributed by atoms with E-state index in [1.54, 1.807) is 43.9 Å². The van der Waals surface area contributed by atoms with Gasteiger partial charge in [0.05, 0.1) is 12.1 Å². The molecule has 0 saturated carbocycles. The summed E-state index contributed by atoms with van der Waals surface area (Å²) in [7, 11) is 0. The van der Waals surface area contributed by atoms with Crippen molar-refractivity contribution >= 4 is 18.0 Å². The van der Waals surface area contributed by atoms with Crippen LogP contribution in [0.15, 0.2) is 97.1 Å². The summed E-state index contributed by atoms with van der Waals surface area (Å²) in [5.41, 5.74) is 1.60. The zero-order valence-corrected chi connectivity index (χ0v) is 20.7. The van der Waals surface area contributed by atoms with Gasteiger partial charge >= 0.3 is 5.97 Å². The lowest BCUT2D eigenvalue weighted by molar-refractivity contribution is -0.170. The average molecular weight is 472 g/mol. The van der Waals surface area contributed by atoms with Gasteiger partial charge in [0, 0.05) is 6.08 Å². The largest absolute Gasteiger partial charge is 0.458 e. The van der Waals surface area contributed by atoms with E-state index in [1.165, 1.54) is 6.08 Å². The number of hydrogen-bond acceptors (Lipinski definition) is 4. The Bertz CT molecular complexity index is 1120. The van der Waals surface area contributed by atoms with Gasteiger partial charge in [-0.15, -0.1) is 0 Å². The van der Waals surface area contributed by atoms with Crippen LogP contribution < -0.4 is 0 Å². The van der Waals surface area contributed by atoms with Crippen LogP contribution in [-0.4, -0.2) is 33.6 Å². The highest BCUT2D eigenvalue weighted by Crippen LogP contribution is 2.34. The fourth-order valence-electron chi connectivity index (χ4n) is 3.92. The summed E-state index contributed by atoms with van der Waals surface area (Å²) < 4.78 is 5.50. The summed E-state index contributed by atoms with van der Waals surface area (Å²) in [6.07, 6.45) is 1.62. The number of aliphatic hydroxyl groups excluding tert-OH is 1. The molecule has 0 aliphatic heterocycles. The molecule has 0 heterocycles. The molecule has 3 aromatic carbocycles. The van der Waals surface area contributed by atoms with E-state index in [9.17, 15) is 14.7 Å². The van der Waals surface area contributed by atoms with Crippen molar-refractivity contribution in [3.05, 3.63) is 114 Å². The number of ether oxygens (including phenoxy) is 1. The number of aliphatic hydroxyl groups is 1. The maximum absolute atomic E-state index is 13.7. The summed E-state index contributed by atoms with van der Waals surface area (Å²) in [6, 6.07) is 26.7. The van der Waals surface area contributed by atoms with Crippen LogP contribution in [0.1, 0.15) is 56.5 Å². The van der Waals surface area contributed by atoms with Crippen LogP contribution in [0.3, 0.4) is 0 Å². The Kier molecular flexibility index (Phi) is 8.61. The van der Waals surface area contributed by atoms with Gasteiger partial charge in [-0.1, -0.05) is 91.0 Å². The standard InChI is InChI=1S/C30H33NO4/c1-22(24-16-10-6-11-17-24)31(26(32)21-20-23-14-8-5-9-15-23)27(25-18-12-7-13-19-25)28(33)29(34)35-30(2,3)4/h5-22,27-28,33H,1-4H3/t22?,27-,28-/m0/s1. The van der Waals surface area contributed by atoms with Crippen molar-refractivity contribution in [3.8, 4) is 0 Å². The van der Waals surface area contributed by atoms with Crippen LogP contribution in [0.4, 0.5) is 0 Å². The van der Waals surface area contributed by atoms with Crippen molar-refractivity contribution in [1.82, 2.24) is 4.90 Å². The van der Waals surface area contributed by atoms with E-state index < -0.39 is 29.8 Å². The normalized spacial score (nSPS) is 14.2. The second-order valence-corrected chi connectivity index (χ2v) is 9.41. The molecule has 3 aromatic rings. The lowest BCUT2D eigenvalue weighted by atomic mass is 9.95. The maximum Gasteiger partial charge on any atom is 0.338 e. The van der Waals surface area contributed by atoms with E-state index in [0.717, 1.165) is 11.1 Å². The zero-order valence-electron chi connectivity index (χ0n) is 20.7. The molecule has 0 aromatic heterocycles. The van der Waals surface area contributed by atoms with Crippen LogP contribution in [0.2, 0.25) is 0 Å². The summed E-state index contributed by atoms with van der Waals surface area (Å²) in [5.74, 6) is -1.11.